The smallest absolute Gasteiger partial charge is 0.416 e. The standard InChI is InChI=1S/C12H25FO3Si4/c1-17(2)14-20(15-18(3)4,16-19(5)6)12-9-7-11(13)8-10-12/h7-10,17-19H,1-6H3. The van der Waals surface area contributed by atoms with Crippen molar-refractivity contribution in [3.63, 3.8) is 0 Å². The van der Waals surface area contributed by atoms with E-state index >= 15 is 0 Å². The van der Waals surface area contributed by atoms with Crippen molar-refractivity contribution >= 4 is 41.1 Å². The van der Waals surface area contributed by atoms with Crippen LogP contribution in [0.1, 0.15) is 0 Å². The third-order valence-corrected chi connectivity index (χ3v) is 12.8. The van der Waals surface area contributed by atoms with E-state index in [1.54, 1.807) is 12.1 Å². The molecule has 1 rings (SSSR count). The Balaban J connectivity index is 3.22. The second kappa shape index (κ2) is 7.78. The van der Waals surface area contributed by atoms with Gasteiger partial charge in [-0.25, -0.2) is 4.39 Å². The molecule has 0 saturated carbocycles. The first-order valence-electron chi connectivity index (χ1n) is 7.04. The lowest BCUT2D eigenvalue weighted by Crippen LogP contribution is -2.62. The van der Waals surface area contributed by atoms with Gasteiger partial charge < -0.3 is 12.3 Å². The summed E-state index contributed by atoms with van der Waals surface area (Å²) in [5.74, 6) is -0.248. The van der Waals surface area contributed by atoms with Gasteiger partial charge in [-0.3, -0.25) is 0 Å². The summed E-state index contributed by atoms with van der Waals surface area (Å²) in [7, 11) is -6.86. The van der Waals surface area contributed by atoms with Gasteiger partial charge in [0.2, 0.25) is 0 Å². The van der Waals surface area contributed by atoms with Crippen molar-refractivity contribution in [3.05, 3.63) is 30.1 Å². The zero-order chi connectivity index (χ0) is 15.3. The average Bonchev–Trinajstić information content (AvgIpc) is 2.26. The van der Waals surface area contributed by atoms with Crippen molar-refractivity contribution in [3.8, 4) is 0 Å². The first-order valence-corrected chi connectivity index (χ1v) is 17.1. The molecular weight excluding hydrogens is 323 g/mol. The van der Waals surface area contributed by atoms with Gasteiger partial charge in [0.05, 0.1) is 0 Å². The number of benzene rings is 1. The first-order chi connectivity index (χ1) is 9.25. The Kier molecular flexibility index (Phi) is 6.98. The predicted octanol–water partition coefficient (Wildman–Crippen LogP) is 1.97. The number of halogens is 1. The molecule has 20 heavy (non-hydrogen) atoms. The highest BCUT2D eigenvalue weighted by atomic mass is 28.5. The summed E-state index contributed by atoms with van der Waals surface area (Å²) in [6.45, 7) is 12.7. The van der Waals surface area contributed by atoms with Crippen molar-refractivity contribution in [2.45, 2.75) is 39.3 Å². The van der Waals surface area contributed by atoms with Gasteiger partial charge in [-0.15, -0.1) is 0 Å². The van der Waals surface area contributed by atoms with Crippen LogP contribution in [0, 0.1) is 5.82 Å². The van der Waals surface area contributed by atoms with Gasteiger partial charge in [-0.05, 0) is 51.4 Å². The van der Waals surface area contributed by atoms with E-state index in [9.17, 15) is 4.39 Å². The lowest BCUT2D eigenvalue weighted by Gasteiger charge is -2.35. The van der Waals surface area contributed by atoms with E-state index in [2.05, 4.69) is 39.3 Å². The Labute approximate surface area is 127 Å². The minimum Gasteiger partial charge on any atom is -0.416 e. The van der Waals surface area contributed by atoms with Crippen LogP contribution in [0.5, 0.6) is 0 Å². The zero-order valence-corrected chi connectivity index (χ0v) is 17.6. The minimum atomic E-state index is -2.87. The van der Waals surface area contributed by atoms with E-state index in [1.165, 1.54) is 12.1 Å². The largest absolute Gasteiger partial charge is 0.505 e. The van der Waals surface area contributed by atoms with Crippen LogP contribution in [0.4, 0.5) is 4.39 Å². The maximum absolute atomic E-state index is 13.2. The van der Waals surface area contributed by atoms with E-state index in [-0.39, 0.29) is 5.82 Å². The highest BCUT2D eigenvalue weighted by molar-refractivity contribution is 6.88. The monoisotopic (exact) mass is 348 g/mol. The molecule has 0 heterocycles. The van der Waals surface area contributed by atoms with Crippen LogP contribution in [0.25, 0.3) is 0 Å². The van der Waals surface area contributed by atoms with Gasteiger partial charge in [0.1, 0.15) is 5.82 Å². The molecule has 0 fully saturated rings. The van der Waals surface area contributed by atoms with Crippen LogP contribution in [-0.4, -0.2) is 35.9 Å². The molecule has 0 bridgehead atoms. The predicted molar refractivity (Wildman–Crippen MR) is 91.7 cm³/mol. The normalized spacial score (nSPS) is 12.7. The third-order valence-electron chi connectivity index (χ3n) is 2.37. The Morgan fingerprint density at radius 3 is 1.40 bits per heavy atom. The Morgan fingerprint density at radius 2 is 1.10 bits per heavy atom. The van der Waals surface area contributed by atoms with Crippen molar-refractivity contribution in [1.29, 1.82) is 0 Å². The number of rotatable bonds is 7. The van der Waals surface area contributed by atoms with E-state index < -0.39 is 35.9 Å². The molecule has 114 valence electrons. The summed E-state index contributed by atoms with van der Waals surface area (Å²) in [6, 6.07) is 6.43. The highest BCUT2D eigenvalue weighted by Crippen LogP contribution is 2.16. The lowest BCUT2D eigenvalue weighted by molar-refractivity contribution is 0.290. The fourth-order valence-electron chi connectivity index (χ4n) is 1.87. The zero-order valence-electron chi connectivity index (χ0n) is 13.1. The number of hydrogen-bond acceptors (Lipinski definition) is 3. The van der Waals surface area contributed by atoms with Crippen LogP contribution in [0.15, 0.2) is 24.3 Å². The average molecular weight is 349 g/mol. The summed E-state index contributed by atoms with van der Waals surface area (Å²) in [6.07, 6.45) is 0. The molecule has 1 aromatic carbocycles. The van der Waals surface area contributed by atoms with Gasteiger partial charge >= 0.3 is 8.80 Å². The Hall–Kier alpha value is -0.102. The molecule has 0 aliphatic carbocycles. The molecule has 0 aliphatic rings. The molecule has 0 aliphatic heterocycles. The molecule has 0 aromatic heterocycles. The topological polar surface area (TPSA) is 27.7 Å². The van der Waals surface area contributed by atoms with E-state index in [4.69, 9.17) is 12.3 Å². The quantitative estimate of drug-likeness (QED) is 0.705. The summed E-state index contributed by atoms with van der Waals surface area (Å²) >= 11 is 0. The lowest BCUT2D eigenvalue weighted by atomic mass is 10.3. The fraction of sp³-hybridized carbons (Fsp3) is 0.500. The molecule has 3 nitrogen and oxygen atoms in total. The first kappa shape index (κ1) is 17.9. The molecule has 0 radical (unpaired) electrons. The maximum atomic E-state index is 13.2. The van der Waals surface area contributed by atoms with Crippen LogP contribution in [-0.2, 0) is 12.3 Å². The fourth-order valence-corrected chi connectivity index (χ4v) is 13.7. The third kappa shape index (κ3) is 5.35. The minimum absolute atomic E-state index is 0.248. The van der Waals surface area contributed by atoms with Crippen LogP contribution in [0.3, 0.4) is 0 Å². The van der Waals surface area contributed by atoms with Gasteiger partial charge in [0, 0.05) is 5.19 Å². The van der Waals surface area contributed by atoms with Gasteiger partial charge in [-0.1, -0.05) is 12.1 Å². The highest BCUT2D eigenvalue weighted by Gasteiger charge is 2.45. The van der Waals surface area contributed by atoms with Crippen LogP contribution in [0.2, 0.25) is 39.3 Å². The van der Waals surface area contributed by atoms with Crippen molar-refractivity contribution in [1.82, 2.24) is 0 Å². The molecule has 0 amide bonds. The maximum Gasteiger partial charge on any atom is 0.505 e. The summed E-state index contributed by atoms with van der Waals surface area (Å²) in [5, 5.41) is 0.891. The Morgan fingerprint density at radius 1 is 0.750 bits per heavy atom. The van der Waals surface area contributed by atoms with Gasteiger partial charge in [-0.2, -0.15) is 0 Å². The van der Waals surface area contributed by atoms with Gasteiger partial charge in [0.15, 0.2) is 27.1 Å². The summed E-state index contributed by atoms with van der Waals surface area (Å²) in [4.78, 5) is 0. The molecule has 8 heteroatoms. The van der Waals surface area contributed by atoms with Gasteiger partial charge in [0.25, 0.3) is 0 Å². The molecular formula is C12H25FO3Si4. The molecule has 0 N–H and O–H groups in total. The molecule has 0 saturated heterocycles. The summed E-state index contributed by atoms with van der Waals surface area (Å²) < 4.78 is 32.0. The van der Waals surface area contributed by atoms with Crippen LogP contribution >= 0.6 is 0 Å². The SMILES string of the molecule is C[SiH](C)O[Si](O[SiH](C)C)(O[SiH](C)C)c1ccc(F)cc1. The molecule has 0 unspecified atom stereocenters. The van der Waals surface area contributed by atoms with E-state index in [0.717, 1.165) is 5.19 Å². The van der Waals surface area contributed by atoms with Crippen molar-refractivity contribution in [2.24, 2.45) is 0 Å². The second-order valence-electron chi connectivity index (χ2n) is 5.56. The molecule has 1 aromatic rings. The van der Waals surface area contributed by atoms with E-state index in [0.29, 0.717) is 0 Å². The molecule has 0 spiro atoms. The second-order valence-corrected chi connectivity index (χ2v) is 16.4. The summed E-state index contributed by atoms with van der Waals surface area (Å²) in [5.41, 5.74) is 0. The van der Waals surface area contributed by atoms with Crippen molar-refractivity contribution < 1.29 is 16.7 Å². The molecule has 0 atom stereocenters. The van der Waals surface area contributed by atoms with E-state index in [1.807, 2.05) is 0 Å². The Bertz CT molecular complexity index is 385. The van der Waals surface area contributed by atoms with Crippen molar-refractivity contribution in [2.75, 3.05) is 0 Å². The number of hydrogen-bond donors (Lipinski definition) is 0. The van der Waals surface area contributed by atoms with Crippen LogP contribution < -0.4 is 5.19 Å².